The van der Waals surface area contributed by atoms with Gasteiger partial charge in [-0.15, -0.1) is 11.6 Å². The van der Waals surface area contributed by atoms with Gasteiger partial charge in [-0.3, -0.25) is 9.59 Å². The second-order valence-electron chi connectivity index (χ2n) is 8.44. The molecule has 0 saturated heterocycles. The zero-order chi connectivity index (χ0) is 21.6. The quantitative estimate of drug-likeness (QED) is 0.109. The molecule has 0 rings (SSSR count). The minimum absolute atomic E-state index is 0.0565. The number of carbonyl (C=O) groups excluding carboxylic acids is 2. The molecule has 0 bridgehead atoms. The number of rotatable bonds is 21. The monoisotopic (exact) mass is 432 g/mol. The van der Waals surface area contributed by atoms with Crippen LogP contribution in [0.25, 0.3) is 0 Å². The Morgan fingerprint density at radius 2 is 1.03 bits per heavy atom. The lowest BCUT2D eigenvalue weighted by atomic mass is 10.1. The van der Waals surface area contributed by atoms with E-state index >= 15 is 0 Å². The Hall–Kier alpha value is -0.770. The molecule has 5 heteroatoms. The summed E-state index contributed by atoms with van der Waals surface area (Å²) in [6, 6.07) is 0. The fourth-order valence-corrected chi connectivity index (χ4v) is 3.28. The SMILES string of the molecule is CC(C)COC(=O)CCCCCCCCC(=O)OCCCCCCCCCCCl. The molecular formula is C24H45ClO4. The largest absolute Gasteiger partial charge is 0.466 e. The van der Waals surface area contributed by atoms with Gasteiger partial charge in [-0.05, 0) is 31.6 Å². The van der Waals surface area contributed by atoms with Gasteiger partial charge >= 0.3 is 11.9 Å². The normalized spacial score (nSPS) is 11.0. The van der Waals surface area contributed by atoms with E-state index < -0.39 is 0 Å². The maximum atomic E-state index is 11.7. The summed E-state index contributed by atoms with van der Waals surface area (Å²) in [5.41, 5.74) is 0. The molecule has 0 aliphatic heterocycles. The van der Waals surface area contributed by atoms with E-state index in [0.29, 0.717) is 32.0 Å². The summed E-state index contributed by atoms with van der Waals surface area (Å²) >= 11 is 5.66. The minimum atomic E-state index is -0.0799. The topological polar surface area (TPSA) is 52.6 Å². The highest BCUT2D eigenvalue weighted by Gasteiger charge is 2.05. The molecule has 0 heterocycles. The van der Waals surface area contributed by atoms with Crippen molar-refractivity contribution in [2.24, 2.45) is 5.92 Å². The Labute approximate surface area is 184 Å². The summed E-state index contributed by atoms with van der Waals surface area (Å²) in [6.45, 7) is 5.16. The van der Waals surface area contributed by atoms with Crippen molar-refractivity contribution in [3.05, 3.63) is 0 Å². The van der Waals surface area contributed by atoms with Gasteiger partial charge in [0, 0.05) is 18.7 Å². The highest BCUT2D eigenvalue weighted by molar-refractivity contribution is 6.17. The van der Waals surface area contributed by atoms with Crippen molar-refractivity contribution in [2.75, 3.05) is 19.1 Å². The third-order valence-corrected chi connectivity index (χ3v) is 5.15. The Morgan fingerprint density at radius 3 is 1.52 bits per heavy atom. The summed E-state index contributed by atoms with van der Waals surface area (Å²) in [7, 11) is 0. The van der Waals surface area contributed by atoms with Crippen molar-refractivity contribution in [3.63, 3.8) is 0 Å². The number of hydrogen-bond donors (Lipinski definition) is 0. The van der Waals surface area contributed by atoms with E-state index in [2.05, 4.69) is 0 Å². The van der Waals surface area contributed by atoms with Crippen LogP contribution in [0, 0.1) is 5.92 Å². The molecule has 0 aliphatic carbocycles. The average molecular weight is 433 g/mol. The van der Waals surface area contributed by atoms with Gasteiger partial charge in [0.15, 0.2) is 0 Å². The standard InChI is InChI=1S/C24H45ClO4/c1-22(2)21-29-24(27)18-14-10-6-5-9-13-17-23(26)28-20-16-12-8-4-3-7-11-15-19-25/h22H,3-21H2,1-2H3. The fourth-order valence-electron chi connectivity index (χ4n) is 3.09. The summed E-state index contributed by atoms with van der Waals surface area (Å²) in [5, 5.41) is 0. The molecule has 0 aromatic carbocycles. The zero-order valence-electron chi connectivity index (χ0n) is 19.0. The van der Waals surface area contributed by atoms with Gasteiger partial charge in [0.25, 0.3) is 0 Å². The van der Waals surface area contributed by atoms with E-state index in [9.17, 15) is 9.59 Å². The number of halogens is 1. The minimum Gasteiger partial charge on any atom is -0.466 e. The molecule has 0 saturated carbocycles. The lowest BCUT2D eigenvalue weighted by Crippen LogP contribution is -2.09. The Bertz CT molecular complexity index is 385. The summed E-state index contributed by atoms with van der Waals surface area (Å²) in [4.78, 5) is 23.2. The first-order chi connectivity index (χ1) is 14.1. The predicted molar refractivity (Wildman–Crippen MR) is 121 cm³/mol. The van der Waals surface area contributed by atoms with Crippen LogP contribution in [0.5, 0.6) is 0 Å². The average Bonchev–Trinajstić information content (AvgIpc) is 2.69. The van der Waals surface area contributed by atoms with Crippen LogP contribution in [0.4, 0.5) is 0 Å². The van der Waals surface area contributed by atoms with Crippen LogP contribution in [0.3, 0.4) is 0 Å². The number of unbranched alkanes of at least 4 members (excludes halogenated alkanes) is 12. The van der Waals surface area contributed by atoms with Crippen molar-refractivity contribution in [2.45, 2.75) is 117 Å². The van der Waals surface area contributed by atoms with Gasteiger partial charge in [-0.1, -0.05) is 78.1 Å². The van der Waals surface area contributed by atoms with Crippen LogP contribution in [-0.2, 0) is 19.1 Å². The number of carbonyl (C=O) groups is 2. The van der Waals surface area contributed by atoms with Crippen LogP contribution >= 0.6 is 11.6 Å². The van der Waals surface area contributed by atoms with Crippen LogP contribution in [0.2, 0.25) is 0 Å². The van der Waals surface area contributed by atoms with Crippen LogP contribution in [0.15, 0.2) is 0 Å². The second-order valence-corrected chi connectivity index (χ2v) is 8.81. The smallest absolute Gasteiger partial charge is 0.305 e. The van der Waals surface area contributed by atoms with Crippen LogP contribution in [0.1, 0.15) is 117 Å². The molecule has 0 aromatic rings. The maximum absolute atomic E-state index is 11.7. The fraction of sp³-hybridized carbons (Fsp3) is 0.917. The molecule has 0 unspecified atom stereocenters. The molecule has 0 amide bonds. The zero-order valence-corrected chi connectivity index (χ0v) is 19.8. The first kappa shape index (κ1) is 28.2. The van der Waals surface area contributed by atoms with Crippen LogP contribution < -0.4 is 0 Å². The summed E-state index contributed by atoms with van der Waals surface area (Å²) in [6.07, 6.45) is 16.7. The van der Waals surface area contributed by atoms with Gasteiger partial charge < -0.3 is 9.47 Å². The molecule has 0 atom stereocenters. The van der Waals surface area contributed by atoms with Gasteiger partial charge in [-0.2, -0.15) is 0 Å². The van der Waals surface area contributed by atoms with Crippen LogP contribution in [-0.4, -0.2) is 31.0 Å². The van der Waals surface area contributed by atoms with E-state index in [1.54, 1.807) is 0 Å². The Balaban J connectivity index is 3.25. The first-order valence-electron chi connectivity index (χ1n) is 11.9. The van der Waals surface area contributed by atoms with Crippen molar-refractivity contribution in [3.8, 4) is 0 Å². The molecule has 172 valence electrons. The Morgan fingerprint density at radius 1 is 0.621 bits per heavy atom. The second kappa shape index (κ2) is 21.9. The van der Waals surface area contributed by atoms with E-state index in [0.717, 1.165) is 63.7 Å². The molecule has 0 aromatic heterocycles. The van der Waals surface area contributed by atoms with Crippen molar-refractivity contribution >= 4 is 23.5 Å². The van der Waals surface area contributed by atoms with Crippen molar-refractivity contribution < 1.29 is 19.1 Å². The van der Waals surface area contributed by atoms with E-state index in [1.807, 2.05) is 13.8 Å². The van der Waals surface area contributed by atoms with Crippen molar-refractivity contribution in [1.82, 2.24) is 0 Å². The predicted octanol–water partition coefficient (Wildman–Crippen LogP) is 7.21. The molecule has 0 aliphatic rings. The van der Waals surface area contributed by atoms with E-state index in [1.165, 1.54) is 32.1 Å². The third-order valence-electron chi connectivity index (χ3n) is 4.88. The van der Waals surface area contributed by atoms with E-state index in [4.69, 9.17) is 21.1 Å². The lowest BCUT2D eigenvalue weighted by molar-refractivity contribution is -0.145. The molecule has 0 N–H and O–H groups in total. The molecule has 29 heavy (non-hydrogen) atoms. The highest BCUT2D eigenvalue weighted by atomic mass is 35.5. The van der Waals surface area contributed by atoms with Gasteiger partial charge in [0.05, 0.1) is 13.2 Å². The van der Waals surface area contributed by atoms with Gasteiger partial charge in [-0.25, -0.2) is 0 Å². The molecule has 4 nitrogen and oxygen atoms in total. The highest BCUT2D eigenvalue weighted by Crippen LogP contribution is 2.11. The summed E-state index contributed by atoms with van der Waals surface area (Å²) < 4.78 is 10.5. The van der Waals surface area contributed by atoms with Gasteiger partial charge in [0.2, 0.25) is 0 Å². The lowest BCUT2D eigenvalue weighted by Gasteiger charge is -2.07. The number of ether oxygens (including phenoxy) is 2. The molecular weight excluding hydrogens is 388 g/mol. The summed E-state index contributed by atoms with van der Waals surface area (Å²) in [5.74, 6) is 1.04. The number of hydrogen-bond acceptors (Lipinski definition) is 4. The first-order valence-corrected chi connectivity index (χ1v) is 12.5. The molecule has 0 spiro atoms. The third kappa shape index (κ3) is 23.4. The maximum Gasteiger partial charge on any atom is 0.305 e. The number of alkyl halides is 1. The van der Waals surface area contributed by atoms with Crippen molar-refractivity contribution in [1.29, 1.82) is 0 Å². The Kier molecular flexibility index (Phi) is 21.3. The van der Waals surface area contributed by atoms with E-state index in [-0.39, 0.29) is 11.9 Å². The molecule has 0 fully saturated rings. The number of esters is 2. The molecule has 0 radical (unpaired) electrons. The van der Waals surface area contributed by atoms with Gasteiger partial charge in [0.1, 0.15) is 0 Å².